The van der Waals surface area contributed by atoms with Crippen molar-refractivity contribution in [2.75, 3.05) is 0 Å². The van der Waals surface area contributed by atoms with E-state index in [2.05, 4.69) is 20.9 Å². The van der Waals surface area contributed by atoms with Crippen molar-refractivity contribution in [1.82, 2.24) is 14.1 Å². The molecule has 86 valence electrons. The fraction of sp³-hybridized carbons (Fsp3) is 0.0909. The van der Waals surface area contributed by atoms with Gasteiger partial charge in [0.2, 0.25) is 0 Å². The second-order valence-electron chi connectivity index (χ2n) is 3.63. The Morgan fingerprint density at radius 2 is 2.29 bits per heavy atom. The lowest BCUT2D eigenvalue weighted by atomic mass is 10.3. The van der Waals surface area contributed by atoms with Crippen LogP contribution in [-0.2, 0) is 6.67 Å². The van der Waals surface area contributed by atoms with E-state index in [0.717, 1.165) is 14.7 Å². The Balaban J connectivity index is 2.16. The van der Waals surface area contributed by atoms with Gasteiger partial charge in [-0.05, 0) is 18.2 Å². The van der Waals surface area contributed by atoms with Gasteiger partial charge < -0.3 is 4.57 Å². The van der Waals surface area contributed by atoms with Gasteiger partial charge in [-0.3, -0.25) is 9.36 Å². The maximum atomic E-state index is 11.9. The van der Waals surface area contributed by atoms with Crippen LogP contribution >= 0.6 is 27.3 Å². The lowest BCUT2D eigenvalue weighted by molar-refractivity contribution is 0.616. The molecule has 0 aliphatic heterocycles. The molecule has 3 rings (SSSR count). The van der Waals surface area contributed by atoms with Gasteiger partial charge in [0.1, 0.15) is 6.67 Å². The fourth-order valence-corrected chi connectivity index (χ4v) is 3.14. The first-order valence-electron chi connectivity index (χ1n) is 4.99. The van der Waals surface area contributed by atoms with Crippen LogP contribution < -0.4 is 4.87 Å². The Hall–Kier alpha value is -1.40. The van der Waals surface area contributed by atoms with Crippen LogP contribution in [-0.4, -0.2) is 14.1 Å². The molecule has 0 aliphatic rings. The van der Waals surface area contributed by atoms with Crippen molar-refractivity contribution in [3.63, 3.8) is 0 Å². The largest absolute Gasteiger partial charge is 0.319 e. The molecule has 1 aromatic carbocycles. The smallest absolute Gasteiger partial charge is 0.309 e. The Bertz CT molecular complexity index is 714. The molecule has 4 nitrogen and oxygen atoms in total. The molecule has 0 N–H and O–H groups in total. The van der Waals surface area contributed by atoms with Gasteiger partial charge in [0.05, 0.1) is 16.5 Å². The van der Waals surface area contributed by atoms with E-state index in [9.17, 15) is 4.79 Å². The van der Waals surface area contributed by atoms with Crippen LogP contribution in [0.4, 0.5) is 0 Å². The molecule has 0 atom stereocenters. The van der Waals surface area contributed by atoms with Crippen LogP contribution in [0.25, 0.3) is 10.2 Å². The molecule has 0 spiro atoms. The summed E-state index contributed by atoms with van der Waals surface area (Å²) in [6.07, 6.45) is 5.25. The molecule has 2 aromatic heterocycles. The molecular formula is C11H8BrN3OS. The van der Waals surface area contributed by atoms with E-state index < -0.39 is 0 Å². The molecule has 2 heterocycles. The minimum absolute atomic E-state index is 0.0480. The van der Waals surface area contributed by atoms with Gasteiger partial charge in [0.25, 0.3) is 0 Å². The number of imidazole rings is 1. The zero-order valence-electron chi connectivity index (χ0n) is 8.71. The predicted octanol–water partition coefficient (Wildman–Crippen LogP) is 2.53. The third-order valence-corrected chi connectivity index (χ3v) is 3.93. The van der Waals surface area contributed by atoms with Crippen LogP contribution in [0.1, 0.15) is 0 Å². The van der Waals surface area contributed by atoms with Gasteiger partial charge in [0.15, 0.2) is 0 Å². The zero-order chi connectivity index (χ0) is 11.8. The van der Waals surface area contributed by atoms with Crippen molar-refractivity contribution >= 4 is 37.5 Å². The molecular weight excluding hydrogens is 302 g/mol. The average Bonchev–Trinajstić information content (AvgIpc) is 2.88. The first-order valence-corrected chi connectivity index (χ1v) is 6.59. The van der Waals surface area contributed by atoms with Gasteiger partial charge >= 0.3 is 4.87 Å². The molecule has 0 saturated heterocycles. The second kappa shape index (κ2) is 4.12. The fourth-order valence-electron chi connectivity index (χ4n) is 1.71. The topological polar surface area (TPSA) is 39.8 Å². The summed E-state index contributed by atoms with van der Waals surface area (Å²) in [6, 6.07) is 5.86. The molecule has 0 unspecified atom stereocenters. The highest BCUT2D eigenvalue weighted by atomic mass is 79.9. The lowest BCUT2D eigenvalue weighted by Gasteiger charge is -2.04. The van der Waals surface area contributed by atoms with Gasteiger partial charge in [-0.2, -0.15) is 0 Å². The Morgan fingerprint density at radius 1 is 1.41 bits per heavy atom. The molecule has 0 aliphatic carbocycles. The van der Waals surface area contributed by atoms with Crippen LogP contribution in [0.15, 0.2) is 46.2 Å². The summed E-state index contributed by atoms with van der Waals surface area (Å²) in [5.41, 5.74) is 0.955. The Labute approximate surface area is 109 Å². The van der Waals surface area contributed by atoms with E-state index in [4.69, 9.17) is 0 Å². The summed E-state index contributed by atoms with van der Waals surface area (Å²) in [7, 11) is 0. The van der Waals surface area contributed by atoms with Crippen LogP contribution in [0.3, 0.4) is 0 Å². The number of hydrogen-bond donors (Lipinski definition) is 0. The predicted molar refractivity (Wildman–Crippen MR) is 71.4 cm³/mol. The van der Waals surface area contributed by atoms with Crippen molar-refractivity contribution in [2.45, 2.75) is 6.67 Å². The molecule has 0 saturated carbocycles. The van der Waals surface area contributed by atoms with Crippen molar-refractivity contribution in [3.8, 4) is 0 Å². The number of aromatic nitrogens is 3. The van der Waals surface area contributed by atoms with Crippen LogP contribution in [0.5, 0.6) is 0 Å². The van der Waals surface area contributed by atoms with Crippen molar-refractivity contribution in [1.29, 1.82) is 0 Å². The van der Waals surface area contributed by atoms with Crippen LogP contribution in [0.2, 0.25) is 0 Å². The normalized spacial score (nSPS) is 11.1. The molecule has 3 aromatic rings. The minimum atomic E-state index is 0.0480. The van der Waals surface area contributed by atoms with Gasteiger partial charge in [-0.25, -0.2) is 4.98 Å². The third kappa shape index (κ3) is 1.94. The second-order valence-corrected chi connectivity index (χ2v) is 5.54. The Kier molecular flexibility index (Phi) is 2.60. The standard InChI is InChI=1S/C11H8BrN3OS/c12-8-1-2-9-10(5-8)17-11(16)15(9)7-14-4-3-13-6-14/h1-6H,7H2. The number of nitrogens with zero attached hydrogens (tertiary/aromatic N) is 3. The van der Waals surface area contributed by atoms with Crippen molar-refractivity contribution in [3.05, 3.63) is 51.1 Å². The maximum Gasteiger partial charge on any atom is 0.309 e. The maximum absolute atomic E-state index is 11.9. The van der Waals surface area contributed by atoms with Gasteiger partial charge in [-0.1, -0.05) is 27.3 Å². The van der Waals surface area contributed by atoms with Gasteiger partial charge in [-0.15, -0.1) is 0 Å². The SMILES string of the molecule is O=c1sc2cc(Br)ccc2n1Cn1ccnc1. The number of hydrogen-bond acceptors (Lipinski definition) is 3. The zero-order valence-corrected chi connectivity index (χ0v) is 11.1. The Morgan fingerprint density at radius 3 is 3.06 bits per heavy atom. The minimum Gasteiger partial charge on any atom is -0.319 e. The number of halogens is 1. The molecule has 6 heteroatoms. The summed E-state index contributed by atoms with van der Waals surface area (Å²) in [4.78, 5) is 15.9. The van der Waals surface area contributed by atoms with E-state index in [1.165, 1.54) is 11.3 Å². The van der Waals surface area contributed by atoms with Gasteiger partial charge in [0, 0.05) is 16.9 Å². The average molecular weight is 310 g/mol. The van der Waals surface area contributed by atoms with E-state index in [1.807, 2.05) is 29.0 Å². The summed E-state index contributed by atoms with van der Waals surface area (Å²) >= 11 is 4.67. The third-order valence-electron chi connectivity index (χ3n) is 2.49. The quantitative estimate of drug-likeness (QED) is 0.730. The van der Waals surface area contributed by atoms with Crippen LogP contribution in [0, 0.1) is 0 Å². The highest BCUT2D eigenvalue weighted by Gasteiger charge is 2.07. The summed E-state index contributed by atoms with van der Waals surface area (Å²) < 4.78 is 5.59. The highest BCUT2D eigenvalue weighted by molar-refractivity contribution is 9.10. The molecule has 0 radical (unpaired) electrons. The highest BCUT2D eigenvalue weighted by Crippen LogP contribution is 2.22. The molecule has 0 fully saturated rings. The summed E-state index contributed by atoms with van der Waals surface area (Å²) in [5, 5.41) is 0. The van der Waals surface area contributed by atoms with Crippen molar-refractivity contribution < 1.29 is 0 Å². The number of fused-ring (bicyclic) bond motifs is 1. The molecule has 17 heavy (non-hydrogen) atoms. The first kappa shape index (κ1) is 10.7. The van der Waals surface area contributed by atoms with E-state index in [1.54, 1.807) is 17.1 Å². The molecule has 0 amide bonds. The molecule has 0 bridgehead atoms. The lowest BCUT2D eigenvalue weighted by Crippen LogP contribution is -2.17. The number of rotatable bonds is 2. The monoisotopic (exact) mass is 309 g/mol. The summed E-state index contributed by atoms with van der Waals surface area (Å²) in [5.74, 6) is 0. The number of benzene rings is 1. The van der Waals surface area contributed by atoms with Crippen molar-refractivity contribution in [2.24, 2.45) is 0 Å². The number of thiazole rings is 1. The van der Waals surface area contributed by atoms with E-state index in [0.29, 0.717) is 6.67 Å². The summed E-state index contributed by atoms with van der Waals surface area (Å²) in [6.45, 7) is 0.500. The van der Waals surface area contributed by atoms with E-state index >= 15 is 0 Å². The van der Waals surface area contributed by atoms with E-state index in [-0.39, 0.29) is 4.87 Å². The first-order chi connectivity index (χ1) is 8.24.